The van der Waals surface area contributed by atoms with Crippen molar-refractivity contribution < 1.29 is 0 Å². The second-order valence-corrected chi connectivity index (χ2v) is 8.42. The molecule has 21 heavy (non-hydrogen) atoms. The molecule has 1 fully saturated rings. The summed E-state index contributed by atoms with van der Waals surface area (Å²) in [6, 6.07) is 22.2. The van der Waals surface area contributed by atoms with E-state index in [4.69, 9.17) is 0 Å². The van der Waals surface area contributed by atoms with Gasteiger partial charge in [0.05, 0.1) is 0 Å². The van der Waals surface area contributed by atoms with Gasteiger partial charge in [-0.15, -0.1) is 0 Å². The molecular weight excluding hydrogens is 271 g/mol. The SMILES string of the molecule is C1=CCC(P2C(c3ccccc3)C[C@H]2c2ccccc2)=C1. The average molecular weight is 290 g/mol. The normalized spacial score (nSPS) is 27.2. The fourth-order valence-corrected chi connectivity index (χ4v) is 6.77. The average Bonchev–Trinajstić information content (AvgIpc) is 3.02. The molecule has 0 N–H and O–H groups in total. The van der Waals surface area contributed by atoms with Gasteiger partial charge in [0, 0.05) is 11.3 Å². The zero-order valence-electron chi connectivity index (χ0n) is 12.0. The van der Waals surface area contributed by atoms with Crippen LogP contribution in [0.15, 0.2) is 84.2 Å². The third kappa shape index (κ3) is 2.39. The molecule has 3 atom stereocenters. The Morgan fingerprint density at radius 2 is 1.33 bits per heavy atom. The van der Waals surface area contributed by atoms with E-state index in [9.17, 15) is 0 Å². The maximum atomic E-state index is 2.37. The predicted molar refractivity (Wildman–Crippen MR) is 91.7 cm³/mol. The molecule has 104 valence electrons. The summed E-state index contributed by atoms with van der Waals surface area (Å²) in [5.41, 5.74) is 4.56. The molecule has 1 aliphatic heterocycles. The van der Waals surface area contributed by atoms with Gasteiger partial charge in [0.1, 0.15) is 0 Å². The molecule has 0 nitrogen and oxygen atoms in total. The van der Waals surface area contributed by atoms with Crippen molar-refractivity contribution in [3.63, 3.8) is 0 Å². The molecular formula is C20H19P. The lowest BCUT2D eigenvalue weighted by Crippen LogP contribution is -2.18. The van der Waals surface area contributed by atoms with Gasteiger partial charge < -0.3 is 0 Å². The van der Waals surface area contributed by atoms with Crippen molar-refractivity contribution in [2.45, 2.75) is 24.2 Å². The van der Waals surface area contributed by atoms with Crippen LogP contribution in [0.2, 0.25) is 0 Å². The highest BCUT2D eigenvalue weighted by Gasteiger charge is 2.43. The second-order valence-electron chi connectivity index (χ2n) is 5.79. The van der Waals surface area contributed by atoms with Gasteiger partial charge in [-0.1, -0.05) is 86.8 Å². The molecule has 0 radical (unpaired) electrons. The maximum absolute atomic E-state index is 2.37. The van der Waals surface area contributed by atoms with E-state index >= 15 is 0 Å². The van der Waals surface area contributed by atoms with Crippen LogP contribution in [0.1, 0.15) is 35.3 Å². The van der Waals surface area contributed by atoms with Crippen LogP contribution in [0, 0.1) is 0 Å². The van der Waals surface area contributed by atoms with Crippen molar-refractivity contribution in [2.24, 2.45) is 0 Å². The largest absolute Gasteiger partial charge is 0.0801 e. The zero-order chi connectivity index (χ0) is 14.1. The maximum Gasteiger partial charge on any atom is 0.00938 e. The van der Waals surface area contributed by atoms with Gasteiger partial charge in [-0.05, 0) is 29.3 Å². The summed E-state index contributed by atoms with van der Waals surface area (Å²) >= 11 is 0. The van der Waals surface area contributed by atoms with Crippen molar-refractivity contribution in [3.8, 4) is 0 Å². The summed E-state index contributed by atoms with van der Waals surface area (Å²) in [5, 5.41) is 1.68. The Balaban J connectivity index is 1.66. The van der Waals surface area contributed by atoms with Crippen LogP contribution >= 0.6 is 7.92 Å². The topological polar surface area (TPSA) is 0 Å². The Morgan fingerprint density at radius 1 is 0.762 bits per heavy atom. The van der Waals surface area contributed by atoms with Crippen LogP contribution in [-0.2, 0) is 0 Å². The van der Waals surface area contributed by atoms with E-state index < -0.39 is 0 Å². The van der Waals surface area contributed by atoms with Crippen LogP contribution in [-0.4, -0.2) is 0 Å². The van der Waals surface area contributed by atoms with Gasteiger partial charge >= 0.3 is 0 Å². The van der Waals surface area contributed by atoms with Crippen LogP contribution in [0.3, 0.4) is 0 Å². The predicted octanol–water partition coefficient (Wildman–Crippen LogP) is 6.20. The van der Waals surface area contributed by atoms with Gasteiger partial charge in [-0.3, -0.25) is 0 Å². The van der Waals surface area contributed by atoms with Crippen molar-refractivity contribution in [1.82, 2.24) is 0 Å². The lowest BCUT2D eigenvalue weighted by atomic mass is 10.0. The zero-order valence-corrected chi connectivity index (χ0v) is 12.9. The summed E-state index contributed by atoms with van der Waals surface area (Å²) in [4.78, 5) is 0. The number of rotatable bonds is 3. The minimum Gasteiger partial charge on any atom is -0.0801 e. The molecule has 1 aliphatic carbocycles. The van der Waals surface area contributed by atoms with Gasteiger partial charge in [-0.25, -0.2) is 0 Å². The Morgan fingerprint density at radius 3 is 1.81 bits per heavy atom. The van der Waals surface area contributed by atoms with Crippen LogP contribution in [0.5, 0.6) is 0 Å². The molecule has 0 bridgehead atoms. The molecule has 2 aromatic carbocycles. The van der Waals surface area contributed by atoms with Crippen molar-refractivity contribution in [1.29, 1.82) is 0 Å². The van der Waals surface area contributed by atoms with E-state index in [0.29, 0.717) is 0 Å². The molecule has 2 unspecified atom stereocenters. The molecule has 0 saturated carbocycles. The van der Waals surface area contributed by atoms with Crippen LogP contribution < -0.4 is 0 Å². The lowest BCUT2D eigenvalue weighted by molar-refractivity contribution is 0.689. The van der Waals surface area contributed by atoms with E-state index in [1.54, 1.807) is 5.31 Å². The fraction of sp³-hybridized carbons (Fsp3) is 0.200. The Labute approximate surface area is 128 Å². The fourth-order valence-electron chi connectivity index (χ4n) is 3.49. The van der Waals surface area contributed by atoms with Gasteiger partial charge in [0.15, 0.2) is 0 Å². The number of hydrogen-bond donors (Lipinski definition) is 0. The Hall–Kier alpha value is -1.65. The molecule has 1 heteroatoms. The van der Waals surface area contributed by atoms with Gasteiger partial charge in [0.25, 0.3) is 0 Å². The third-order valence-electron chi connectivity index (χ3n) is 4.57. The second kappa shape index (κ2) is 5.62. The summed E-state index contributed by atoms with van der Waals surface area (Å²) in [7, 11) is -0.0797. The number of benzene rings is 2. The first-order valence-corrected chi connectivity index (χ1v) is 9.15. The molecule has 0 aromatic heterocycles. The van der Waals surface area contributed by atoms with Gasteiger partial charge in [-0.2, -0.15) is 0 Å². The Bertz CT molecular complexity index is 624. The smallest absolute Gasteiger partial charge is 0.00938 e. The van der Waals surface area contributed by atoms with Crippen LogP contribution in [0.4, 0.5) is 0 Å². The first-order chi connectivity index (χ1) is 10.4. The highest BCUT2D eigenvalue weighted by molar-refractivity contribution is 7.64. The van der Waals surface area contributed by atoms with E-state index in [1.807, 2.05) is 0 Å². The highest BCUT2D eigenvalue weighted by atomic mass is 31.1. The molecule has 2 aliphatic rings. The summed E-state index contributed by atoms with van der Waals surface area (Å²) in [5.74, 6) is 0. The van der Waals surface area contributed by atoms with E-state index in [-0.39, 0.29) is 7.92 Å². The Kier molecular flexibility index (Phi) is 3.49. The number of hydrogen-bond acceptors (Lipinski definition) is 0. The highest BCUT2D eigenvalue weighted by Crippen LogP contribution is 2.79. The molecule has 1 saturated heterocycles. The van der Waals surface area contributed by atoms with Crippen molar-refractivity contribution in [2.75, 3.05) is 0 Å². The van der Waals surface area contributed by atoms with E-state index in [2.05, 4.69) is 78.9 Å². The monoisotopic (exact) mass is 290 g/mol. The quantitative estimate of drug-likeness (QED) is 0.590. The molecule has 0 amide bonds. The minimum atomic E-state index is -0.0797. The van der Waals surface area contributed by atoms with Crippen LogP contribution in [0.25, 0.3) is 0 Å². The number of allylic oxidation sites excluding steroid dienone is 4. The van der Waals surface area contributed by atoms with E-state index in [0.717, 1.165) is 11.3 Å². The molecule has 2 aromatic rings. The summed E-state index contributed by atoms with van der Waals surface area (Å²) < 4.78 is 0. The van der Waals surface area contributed by atoms with E-state index in [1.165, 1.54) is 24.0 Å². The lowest BCUT2D eigenvalue weighted by Gasteiger charge is -2.47. The summed E-state index contributed by atoms with van der Waals surface area (Å²) in [6.45, 7) is 0. The van der Waals surface area contributed by atoms with Crippen molar-refractivity contribution >= 4 is 7.92 Å². The molecule has 4 rings (SSSR count). The first kappa shape index (κ1) is 13.0. The molecule has 1 heterocycles. The standard InChI is InChI=1S/C20H19P/c1-3-9-16(10-4-1)19-15-20(17-11-5-2-6-12-17)21(19)18-13-7-8-14-18/h1-13,19-20H,14-15H2/t19-,20?,21?/m0/s1. The molecule has 0 spiro atoms. The summed E-state index contributed by atoms with van der Waals surface area (Å²) in [6.07, 6.45) is 9.38. The third-order valence-corrected chi connectivity index (χ3v) is 7.93. The first-order valence-electron chi connectivity index (χ1n) is 7.67. The minimum absolute atomic E-state index is 0.0797. The van der Waals surface area contributed by atoms with Crippen molar-refractivity contribution in [3.05, 3.63) is 95.3 Å². The van der Waals surface area contributed by atoms with Gasteiger partial charge in [0.2, 0.25) is 0 Å².